The number of nitrogens with zero attached hydrogens (tertiary/aromatic N) is 2. The molecule has 2 heterocycles. The molecule has 5 nitrogen and oxygen atoms in total. The summed E-state index contributed by atoms with van der Waals surface area (Å²) in [4.78, 5) is 28.2. The van der Waals surface area contributed by atoms with Crippen molar-refractivity contribution in [2.24, 2.45) is 5.41 Å². The van der Waals surface area contributed by atoms with Crippen LogP contribution in [0, 0.1) is 5.41 Å². The van der Waals surface area contributed by atoms with E-state index in [2.05, 4.69) is 35.4 Å². The van der Waals surface area contributed by atoms with Crippen LogP contribution < -0.4 is 0 Å². The molecule has 0 radical (unpaired) electrons. The number of thioether (sulfide) groups is 1. The van der Waals surface area contributed by atoms with Gasteiger partial charge < -0.3 is 10.0 Å². The van der Waals surface area contributed by atoms with Crippen LogP contribution in [0.2, 0.25) is 0 Å². The van der Waals surface area contributed by atoms with Gasteiger partial charge >= 0.3 is 5.97 Å². The van der Waals surface area contributed by atoms with Crippen LogP contribution in [0.15, 0.2) is 29.2 Å². The number of rotatable bonds is 5. The Labute approximate surface area is 153 Å². The Hall–Kier alpha value is -1.53. The van der Waals surface area contributed by atoms with Crippen LogP contribution in [0.5, 0.6) is 0 Å². The lowest BCUT2D eigenvalue weighted by Gasteiger charge is -2.47. The molecule has 2 fully saturated rings. The first kappa shape index (κ1) is 18.3. The molecule has 0 bridgehead atoms. The molecule has 0 saturated carbocycles. The fourth-order valence-electron chi connectivity index (χ4n) is 3.99. The predicted octanol–water partition coefficient (Wildman–Crippen LogP) is 2.70. The Morgan fingerprint density at radius 3 is 2.48 bits per heavy atom. The van der Waals surface area contributed by atoms with Gasteiger partial charge in [0, 0.05) is 24.4 Å². The topological polar surface area (TPSA) is 60.9 Å². The molecule has 2 aliphatic heterocycles. The van der Waals surface area contributed by atoms with Crippen LogP contribution in [-0.4, -0.2) is 59.2 Å². The molecule has 1 spiro atoms. The lowest BCUT2D eigenvalue weighted by molar-refractivity contribution is -0.149. The van der Waals surface area contributed by atoms with E-state index in [0.29, 0.717) is 13.0 Å². The summed E-state index contributed by atoms with van der Waals surface area (Å²) in [5.41, 5.74) is 1.45. The van der Waals surface area contributed by atoms with Crippen LogP contribution in [0.4, 0.5) is 0 Å². The van der Waals surface area contributed by atoms with E-state index >= 15 is 0 Å². The number of hydrogen-bond acceptors (Lipinski definition) is 4. The predicted molar refractivity (Wildman–Crippen MR) is 98.6 cm³/mol. The van der Waals surface area contributed by atoms with Gasteiger partial charge in [0.15, 0.2) is 0 Å². The van der Waals surface area contributed by atoms with Gasteiger partial charge in [-0.05, 0) is 61.7 Å². The molecule has 1 aromatic rings. The summed E-state index contributed by atoms with van der Waals surface area (Å²) in [7, 11) is 0. The molecule has 1 aromatic carbocycles. The number of carboxylic acids is 1. The van der Waals surface area contributed by atoms with Gasteiger partial charge in [-0.3, -0.25) is 14.5 Å². The molecule has 2 aliphatic rings. The maximum atomic E-state index is 12.0. The normalized spacial score (nSPS) is 20.8. The third kappa shape index (κ3) is 4.55. The third-order valence-corrected chi connectivity index (χ3v) is 6.30. The molecule has 1 amide bonds. The zero-order valence-corrected chi connectivity index (χ0v) is 15.6. The Morgan fingerprint density at radius 1 is 1.20 bits per heavy atom. The van der Waals surface area contributed by atoms with Gasteiger partial charge in [0.2, 0.25) is 5.91 Å². The zero-order chi connectivity index (χ0) is 17.9. The van der Waals surface area contributed by atoms with Crippen LogP contribution >= 0.6 is 11.8 Å². The molecular formula is C19H26N2O3S. The summed E-state index contributed by atoms with van der Waals surface area (Å²) < 4.78 is 0. The number of piperidine rings is 2. The van der Waals surface area contributed by atoms with Crippen molar-refractivity contribution in [1.82, 2.24) is 9.80 Å². The smallest absolute Gasteiger partial charge is 0.323 e. The lowest BCUT2D eigenvalue weighted by Crippen LogP contribution is -2.52. The number of benzene rings is 1. The minimum Gasteiger partial charge on any atom is -0.480 e. The average molecular weight is 362 g/mol. The largest absolute Gasteiger partial charge is 0.480 e. The minimum atomic E-state index is -0.920. The summed E-state index contributed by atoms with van der Waals surface area (Å²) in [6.45, 7) is 3.43. The maximum Gasteiger partial charge on any atom is 0.323 e. The molecule has 3 rings (SSSR count). The van der Waals surface area contributed by atoms with E-state index < -0.39 is 5.97 Å². The highest BCUT2D eigenvalue weighted by molar-refractivity contribution is 7.98. The van der Waals surface area contributed by atoms with Crippen LogP contribution in [-0.2, 0) is 16.1 Å². The summed E-state index contributed by atoms with van der Waals surface area (Å²) in [6.07, 6.45) is 5.56. The van der Waals surface area contributed by atoms with Gasteiger partial charge in [0.05, 0.1) is 0 Å². The monoisotopic (exact) mass is 362 g/mol. The van der Waals surface area contributed by atoms with E-state index in [1.54, 1.807) is 16.7 Å². The lowest BCUT2D eigenvalue weighted by atomic mass is 9.72. The Kier molecular flexibility index (Phi) is 5.69. The number of carbonyl (C=O) groups excluding carboxylic acids is 1. The van der Waals surface area contributed by atoms with E-state index in [1.807, 2.05) is 0 Å². The van der Waals surface area contributed by atoms with Crippen molar-refractivity contribution in [3.8, 4) is 0 Å². The first-order valence-corrected chi connectivity index (χ1v) is 10.1. The third-order valence-electron chi connectivity index (χ3n) is 5.56. The number of hydrogen-bond donors (Lipinski definition) is 1. The second-order valence-corrected chi connectivity index (χ2v) is 8.15. The first-order chi connectivity index (χ1) is 12.0. The second kappa shape index (κ2) is 7.79. The van der Waals surface area contributed by atoms with Gasteiger partial charge in [0.1, 0.15) is 6.54 Å². The Balaban J connectivity index is 1.55. The van der Waals surface area contributed by atoms with Gasteiger partial charge in [-0.1, -0.05) is 12.1 Å². The fourth-order valence-corrected chi connectivity index (χ4v) is 4.40. The highest BCUT2D eigenvalue weighted by Gasteiger charge is 2.41. The number of aliphatic carboxylic acids is 1. The van der Waals surface area contributed by atoms with Gasteiger partial charge in [-0.15, -0.1) is 11.8 Å². The van der Waals surface area contributed by atoms with Crippen molar-refractivity contribution in [3.63, 3.8) is 0 Å². The van der Waals surface area contributed by atoms with Crippen LogP contribution in [0.1, 0.15) is 31.2 Å². The molecular weight excluding hydrogens is 336 g/mol. The van der Waals surface area contributed by atoms with Gasteiger partial charge in [-0.25, -0.2) is 0 Å². The van der Waals surface area contributed by atoms with E-state index in [9.17, 15) is 9.59 Å². The van der Waals surface area contributed by atoms with Crippen molar-refractivity contribution >= 4 is 23.6 Å². The summed E-state index contributed by atoms with van der Waals surface area (Å²) in [5, 5.41) is 9.01. The van der Waals surface area contributed by atoms with Crippen molar-refractivity contribution in [3.05, 3.63) is 29.8 Å². The Bertz CT molecular complexity index is 624. The summed E-state index contributed by atoms with van der Waals surface area (Å²) >= 11 is 1.76. The van der Waals surface area contributed by atoms with Crippen molar-refractivity contribution in [1.29, 1.82) is 0 Å². The highest BCUT2D eigenvalue weighted by atomic mass is 32.2. The molecule has 0 aliphatic carbocycles. The number of likely N-dealkylation sites (tertiary alicyclic amines) is 2. The first-order valence-electron chi connectivity index (χ1n) is 8.85. The van der Waals surface area contributed by atoms with Gasteiger partial charge in [0.25, 0.3) is 0 Å². The summed E-state index contributed by atoms with van der Waals surface area (Å²) in [5.74, 6) is -0.930. The molecule has 0 atom stereocenters. The minimum absolute atomic E-state index is 0.00987. The molecule has 2 saturated heterocycles. The summed E-state index contributed by atoms with van der Waals surface area (Å²) in [6, 6.07) is 8.73. The molecule has 0 unspecified atom stereocenters. The van der Waals surface area contributed by atoms with E-state index in [4.69, 9.17) is 5.11 Å². The molecule has 25 heavy (non-hydrogen) atoms. The Morgan fingerprint density at radius 2 is 1.88 bits per heavy atom. The molecule has 136 valence electrons. The van der Waals surface area contributed by atoms with Crippen LogP contribution in [0.3, 0.4) is 0 Å². The molecule has 1 N–H and O–H groups in total. The second-order valence-electron chi connectivity index (χ2n) is 7.27. The van der Waals surface area contributed by atoms with E-state index in [-0.39, 0.29) is 17.9 Å². The number of amides is 1. The van der Waals surface area contributed by atoms with Gasteiger partial charge in [-0.2, -0.15) is 0 Å². The average Bonchev–Trinajstić information content (AvgIpc) is 2.61. The molecule has 0 aromatic heterocycles. The van der Waals surface area contributed by atoms with Crippen molar-refractivity contribution < 1.29 is 14.7 Å². The number of carbonyl (C=O) groups is 2. The SMILES string of the molecule is CSc1ccc(CN2CCC3(CCC(=O)N(CC(=O)O)C3)CC2)cc1. The fraction of sp³-hybridized carbons (Fsp3) is 0.579. The molecule has 6 heteroatoms. The quantitative estimate of drug-likeness (QED) is 0.816. The van der Waals surface area contributed by atoms with Crippen molar-refractivity contribution in [2.75, 3.05) is 32.4 Å². The van der Waals surface area contributed by atoms with E-state index in [1.165, 1.54) is 10.5 Å². The number of carboxylic acid groups (broad SMARTS) is 1. The van der Waals surface area contributed by atoms with Crippen molar-refractivity contribution in [2.45, 2.75) is 37.1 Å². The standard InChI is InChI=1S/C19H26N2O3S/c1-25-16-4-2-15(3-5-16)12-20-10-8-19(9-11-20)7-6-17(22)21(14-19)13-18(23)24/h2-5H,6-14H2,1H3,(H,23,24). The highest BCUT2D eigenvalue weighted by Crippen LogP contribution is 2.40. The van der Waals surface area contributed by atoms with E-state index in [0.717, 1.165) is 38.9 Å². The zero-order valence-electron chi connectivity index (χ0n) is 14.7. The van der Waals surface area contributed by atoms with Crippen LogP contribution in [0.25, 0.3) is 0 Å². The maximum absolute atomic E-state index is 12.0.